The molecule has 2 fully saturated rings. The topological polar surface area (TPSA) is 86.8 Å². The highest BCUT2D eigenvalue weighted by molar-refractivity contribution is 6.10. The fraction of sp³-hybridized carbons (Fsp3) is 0.312. The third-order valence-electron chi connectivity index (χ3n) is 8.15. The van der Waals surface area contributed by atoms with Gasteiger partial charge in [-0.2, -0.15) is 5.26 Å². The predicted octanol–water partition coefficient (Wildman–Crippen LogP) is 5.56. The first kappa shape index (κ1) is 23.8. The number of nitrogens with one attached hydrogen (secondary N) is 1. The molecule has 3 aliphatic rings. The number of nitriles is 1. The highest BCUT2D eigenvalue weighted by atomic mass is 16.2. The Morgan fingerprint density at radius 3 is 2.62 bits per heavy atom. The summed E-state index contributed by atoms with van der Waals surface area (Å²) in [6.07, 6.45) is 6.65. The molecule has 0 saturated heterocycles. The number of hydrogen-bond acceptors (Lipinski definition) is 5. The lowest BCUT2D eigenvalue weighted by molar-refractivity contribution is 0.0996. The van der Waals surface area contributed by atoms with Crippen molar-refractivity contribution >= 4 is 11.6 Å². The van der Waals surface area contributed by atoms with Gasteiger partial charge in [0.1, 0.15) is 6.33 Å². The van der Waals surface area contributed by atoms with E-state index in [-0.39, 0.29) is 5.91 Å². The van der Waals surface area contributed by atoms with E-state index in [1.807, 2.05) is 34.7 Å². The first-order chi connectivity index (χ1) is 19.1. The Kier molecular flexibility index (Phi) is 5.79. The van der Waals surface area contributed by atoms with Crippen molar-refractivity contribution in [2.24, 2.45) is 13.0 Å². The normalized spacial score (nSPS) is 16.4. The number of hydrogen-bond donors (Lipinski definition) is 1. The average molecular weight is 515 g/mol. The number of carbonyl (C=O) groups is 1. The lowest BCUT2D eigenvalue weighted by atomic mass is 9.94. The van der Waals surface area contributed by atoms with Gasteiger partial charge in [-0.25, -0.2) is 0 Å². The summed E-state index contributed by atoms with van der Waals surface area (Å²) in [4.78, 5) is 15.6. The summed E-state index contributed by atoms with van der Waals surface area (Å²) in [5.74, 6) is 2.11. The van der Waals surface area contributed by atoms with Crippen LogP contribution < -0.4 is 10.2 Å². The second-order valence-electron chi connectivity index (χ2n) is 11.2. The number of fused-ring (bicyclic) bond motifs is 1. The van der Waals surface area contributed by atoms with E-state index in [2.05, 4.69) is 58.0 Å². The second kappa shape index (κ2) is 9.48. The van der Waals surface area contributed by atoms with E-state index >= 15 is 0 Å². The summed E-state index contributed by atoms with van der Waals surface area (Å²) in [6.45, 7) is 2.42. The van der Waals surface area contributed by atoms with Gasteiger partial charge in [0.2, 0.25) is 0 Å². The van der Waals surface area contributed by atoms with Crippen molar-refractivity contribution in [3.63, 3.8) is 0 Å². The first-order valence-electron chi connectivity index (χ1n) is 13.8. The second-order valence-corrected chi connectivity index (χ2v) is 11.2. The molecule has 2 heterocycles. The molecule has 0 bridgehead atoms. The molecule has 2 aliphatic carbocycles. The number of aromatic nitrogens is 3. The van der Waals surface area contributed by atoms with Crippen LogP contribution in [0.2, 0.25) is 0 Å². The van der Waals surface area contributed by atoms with E-state index in [1.54, 1.807) is 6.33 Å². The fourth-order valence-electron chi connectivity index (χ4n) is 5.59. The summed E-state index contributed by atoms with van der Waals surface area (Å²) in [5, 5.41) is 21.5. The molecule has 0 radical (unpaired) electrons. The number of aryl methyl sites for hydroxylation is 1. The number of benzene rings is 3. The summed E-state index contributed by atoms with van der Waals surface area (Å²) in [7, 11) is 1.90. The van der Waals surface area contributed by atoms with Crippen LogP contribution in [0.4, 0.5) is 5.69 Å². The SMILES string of the molecule is Cn1cnnc1-c1cc(C#N)ccc1-c1cc(C2CC2)cc(N2Cc3ccc(CNCC4CC4)cc3C2=O)c1. The van der Waals surface area contributed by atoms with Gasteiger partial charge >= 0.3 is 0 Å². The Morgan fingerprint density at radius 1 is 1.00 bits per heavy atom. The maximum Gasteiger partial charge on any atom is 0.258 e. The minimum Gasteiger partial charge on any atom is -0.317 e. The summed E-state index contributed by atoms with van der Waals surface area (Å²) in [6, 6.07) is 20.8. The van der Waals surface area contributed by atoms with E-state index < -0.39 is 0 Å². The molecule has 1 aliphatic heterocycles. The summed E-state index contributed by atoms with van der Waals surface area (Å²) in [5.41, 5.74) is 8.62. The Labute approximate surface area is 228 Å². The van der Waals surface area contributed by atoms with Crippen molar-refractivity contribution < 1.29 is 4.79 Å². The van der Waals surface area contributed by atoms with E-state index in [4.69, 9.17) is 0 Å². The van der Waals surface area contributed by atoms with Crippen LogP contribution in [0, 0.1) is 17.2 Å². The van der Waals surface area contributed by atoms with Crippen molar-refractivity contribution in [1.82, 2.24) is 20.1 Å². The zero-order valence-electron chi connectivity index (χ0n) is 22.0. The van der Waals surface area contributed by atoms with Gasteiger partial charge in [-0.05, 0) is 102 Å². The van der Waals surface area contributed by atoms with Gasteiger partial charge in [-0.1, -0.05) is 24.3 Å². The molecule has 4 aromatic rings. The van der Waals surface area contributed by atoms with Crippen molar-refractivity contribution in [3.8, 4) is 28.6 Å². The van der Waals surface area contributed by atoms with Crippen LogP contribution >= 0.6 is 0 Å². The molecule has 1 N–H and O–H groups in total. The lowest BCUT2D eigenvalue weighted by Crippen LogP contribution is -2.23. The molecular weight excluding hydrogens is 484 g/mol. The molecule has 7 rings (SSSR count). The van der Waals surface area contributed by atoms with Crippen molar-refractivity contribution in [2.75, 3.05) is 11.4 Å². The highest BCUT2D eigenvalue weighted by Gasteiger charge is 2.31. The van der Waals surface area contributed by atoms with Crippen LogP contribution in [-0.2, 0) is 20.1 Å². The van der Waals surface area contributed by atoms with Gasteiger partial charge in [-0.15, -0.1) is 10.2 Å². The van der Waals surface area contributed by atoms with Gasteiger partial charge in [0, 0.05) is 30.4 Å². The largest absolute Gasteiger partial charge is 0.317 e. The molecule has 0 atom stereocenters. The van der Waals surface area contributed by atoms with E-state index in [9.17, 15) is 10.1 Å². The molecule has 7 heteroatoms. The quantitative estimate of drug-likeness (QED) is 0.333. The Bertz CT molecular complexity index is 1640. The number of amides is 1. The number of anilines is 1. The van der Waals surface area contributed by atoms with Crippen LogP contribution in [-0.4, -0.2) is 27.2 Å². The fourth-order valence-corrected chi connectivity index (χ4v) is 5.59. The predicted molar refractivity (Wildman–Crippen MR) is 150 cm³/mol. The minimum absolute atomic E-state index is 0.0568. The molecule has 1 aromatic heterocycles. The van der Waals surface area contributed by atoms with Gasteiger partial charge in [0.05, 0.1) is 18.2 Å². The molecule has 0 unspecified atom stereocenters. The monoisotopic (exact) mass is 514 g/mol. The standard InChI is InChI=1S/C32H30N6O/c1-37-19-35-36-31(37)30-10-21(15-33)5-9-28(30)26-12-25(23-7-8-23)13-27(14-26)38-18-24-6-4-22(11-29(24)32(38)39)17-34-16-20-2-3-20/h4-6,9-14,19-20,23,34H,2-3,7-8,16-18H2,1H3. The Morgan fingerprint density at radius 2 is 1.87 bits per heavy atom. The van der Waals surface area contributed by atoms with E-state index in [0.29, 0.717) is 23.9 Å². The maximum absolute atomic E-state index is 13.7. The zero-order valence-corrected chi connectivity index (χ0v) is 22.0. The van der Waals surface area contributed by atoms with Crippen molar-refractivity contribution in [3.05, 3.63) is 88.7 Å². The molecule has 1 amide bonds. The van der Waals surface area contributed by atoms with Crippen LogP contribution in [0.15, 0.2) is 60.9 Å². The van der Waals surface area contributed by atoms with Gasteiger partial charge < -0.3 is 14.8 Å². The molecular formula is C32H30N6O. The molecule has 3 aromatic carbocycles. The molecule has 194 valence electrons. The highest BCUT2D eigenvalue weighted by Crippen LogP contribution is 2.45. The van der Waals surface area contributed by atoms with Crippen LogP contribution in [0.25, 0.3) is 22.5 Å². The van der Waals surface area contributed by atoms with E-state index in [0.717, 1.165) is 70.9 Å². The van der Waals surface area contributed by atoms with E-state index in [1.165, 1.54) is 18.4 Å². The zero-order chi connectivity index (χ0) is 26.5. The van der Waals surface area contributed by atoms with Crippen molar-refractivity contribution in [1.29, 1.82) is 5.26 Å². The number of rotatable bonds is 8. The maximum atomic E-state index is 13.7. The molecule has 2 saturated carbocycles. The average Bonchev–Trinajstić information content (AvgIpc) is 3.89. The number of carbonyl (C=O) groups excluding carboxylic acids is 1. The molecule has 7 nitrogen and oxygen atoms in total. The summed E-state index contributed by atoms with van der Waals surface area (Å²) < 4.78 is 1.86. The molecule has 39 heavy (non-hydrogen) atoms. The number of nitrogens with zero attached hydrogens (tertiary/aromatic N) is 5. The Balaban J connectivity index is 1.25. The van der Waals surface area contributed by atoms with Gasteiger partial charge in [0.15, 0.2) is 5.82 Å². The summed E-state index contributed by atoms with van der Waals surface area (Å²) >= 11 is 0. The van der Waals surface area contributed by atoms with Crippen molar-refractivity contribution in [2.45, 2.75) is 44.7 Å². The third-order valence-corrected chi connectivity index (χ3v) is 8.15. The molecule has 0 spiro atoms. The minimum atomic E-state index is 0.0568. The van der Waals surface area contributed by atoms with Crippen LogP contribution in [0.1, 0.15) is 64.2 Å². The first-order valence-corrected chi connectivity index (χ1v) is 13.8. The third kappa shape index (κ3) is 4.62. The van der Waals surface area contributed by atoms with Gasteiger partial charge in [0.25, 0.3) is 5.91 Å². The Hall–Kier alpha value is -4.28. The van der Waals surface area contributed by atoms with Gasteiger partial charge in [-0.3, -0.25) is 4.79 Å². The smallest absolute Gasteiger partial charge is 0.258 e. The van der Waals surface area contributed by atoms with Crippen LogP contribution in [0.5, 0.6) is 0 Å². The lowest BCUT2D eigenvalue weighted by Gasteiger charge is -2.20. The van der Waals surface area contributed by atoms with Crippen LogP contribution in [0.3, 0.4) is 0 Å².